The van der Waals surface area contributed by atoms with E-state index in [0.717, 1.165) is 0 Å². The second-order valence-corrected chi connectivity index (χ2v) is 4.74. The summed E-state index contributed by atoms with van der Waals surface area (Å²) in [5.41, 5.74) is -0.867. The van der Waals surface area contributed by atoms with Crippen molar-refractivity contribution >= 4 is 5.97 Å². The molecular weight excluding hydrogens is 293 g/mol. The van der Waals surface area contributed by atoms with Crippen molar-refractivity contribution in [3.05, 3.63) is 11.7 Å². The van der Waals surface area contributed by atoms with Gasteiger partial charge in [0.2, 0.25) is 5.89 Å². The fraction of sp³-hybridized carbons (Fsp3) is 0.750. The van der Waals surface area contributed by atoms with E-state index in [-0.39, 0.29) is 31.3 Å². The summed E-state index contributed by atoms with van der Waals surface area (Å²) in [7, 11) is 0. The van der Waals surface area contributed by atoms with Gasteiger partial charge in [0.1, 0.15) is 12.0 Å². The lowest BCUT2D eigenvalue weighted by atomic mass is 10.1. The lowest BCUT2D eigenvalue weighted by Crippen LogP contribution is -2.23. The van der Waals surface area contributed by atoms with Gasteiger partial charge in [-0.2, -0.15) is 18.2 Å². The third kappa shape index (κ3) is 3.93. The molecule has 6 nitrogen and oxygen atoms in total. The monoisotopic (exact) mass is 308 g/mol. The average Bonchev–Trinajstić information content (AvgIpc) is 3.08. The molecule has 0 aliphatic heterocycles. The maximum atomic E-state index is 11.9. The Hall–Kier alpha value is -1.64. The fourth-order valence-corrected chi connectivity index (χ4v) is 1.80. The van der Waals surface area contributed by atoms with Crippen LogP contribution in [0, 0.1) is 0 Å². The normalized spacial score (nSPS) is 16.8. The number of aromatic nitrogens is 2. The SMILES string of the molecule is CCOC(=O)C1(c2nc(CCOCC(F)(F)F)no2)CC1. The van der Waals surface area contributed by atoms with Crippen molar-refractivity contribution in [1.29, 1.82) is 0 Å². The lowest BCUT2D eigenvalue weighted by Gasteiger charge is -2.08. The van der Waals surface area contributed by atoms with Crippen molar-refractivity contribution in [2.24, 2.45) is 0 Å². The molecule has 0 radical (unpaired) electrons. The molecule has 1 aliphatic rings. The van der Waals surface area contributed by atoms with Crippen LogP contribution in [0.4, 0.5) is 13.2 Å². The first-order chi connectivity index (χ1) is 9.87. The van der Waals surface area contributed by atoms with Gasteiger partial charge in [-0.25, -0.2) is 0 Å². The molecular formula is C12H15F3N2O4. The molecule has 1 aromatic heterocycles. The van der Waals surface area contributed by atoms with E-state index < -0.39 is 24.2 Å². The summed E-state index contributed by atoms with van der Waals surface area (Å²) in [4.78, 5) is 15.8. The summed E-state index contributed by atoms with van der Waals surface area (Å²) in [6.45, 7) is 0.466. The molecule has 0 saturated heterocycles. The predicted molar refractivity (Wildman–Crippen MR) is 62.4 cm³/mol. The molecule has 0 bridgehead atoms. The minimum atomic E-state index is -4.36. The van der Waals surface area contributed by atoms with Gasteiger partial charge in [-0.05, 0) is 19.8 Å². The molecule has 1 heterocycles. The van der Waals surface area contributed by atoms with Crippen LogP contribution in [-0.2, 0) is 26.1 Å². The van der Waals surface area contributed by atoms with Crippen LogP contribution in [0.5, 0.6) is 0 Å². The van der Waals surface area contributed by atoms with Gasteiger partial charge in [-0.1, -0.05) is 5.16 Å². The number of halogens is 3. The molecule has 0 atom stereocenters. The Kier molecular flexibility index (Phi) is 4.50. The van der Waals surface area contributed by atoms with Crippen molar-refractivity contribution in [3.8, 4) is 0 Å². The Morgan fingerprint density at radius 3 is 2.71 bits per heavy atom. The molecule has 0 N–H and O–H groups in total. The quantitative estimate of drug-likeness (QED) is 0.565. The van der Waals surface area contributed by atoms with Crippen LogP contribution in [0.2, 0.25) is 0 Å². The molecule has 1 fully saturated rings. The molecule has 1 aromatic rings. The smallest absolute Gasteiger partial charge is 0.411 e. The van der Waals surface area contributed by atoms with Crippen LogP contribution in [-0.4, -0.2) is 42.1 Å². The van der Waals surface area contributed by atoms with Gasteiger partial charge in [0.25, 0.3) is 0 Å². The van der Waals surface area contributed by atoms with Gasteiger partial charge in [-0.15, -0.1) is 0 Å². The van der Waals surface area contributed by atoms with E-state index in [4.69, 9.17) is 9.26 Å². The van der Waals surface area contributed by atoms with Crippen LogP contribution < -0.4 is 0 Å². The largest absolute Gasteiger partial charge is 0.465 e. The summed E-state index contributed by atoms with van der Waals surface area (Å²) in [6, 6.07) is 0. The maximum absolute atomic E-state index is 11.9. The highest BCUT2D eigenvalue weighted by Gasteiger charge is 2.57. The zero-order chi connectivity index (χ0) is 15.5. The van der Waals surface area contributed by atoms with Gasteiger partial charge in [0, 0.05) is 6.42 Å². The number of rotatable bonds is 7. The highest BCUT2D eigenvalue weighted by atomic mass is 19.4. The zero-order valence-electron chi connectivity index (χ0n) is 11.4. The van der Waals surface area contributed by atoms with Crippen molar-refractivity contribution in [3.63, 3.8) is 0 Å². The van der Waals surface area contributed by atoms with E-state index in [1.807, 2.05) is 0 Å². The van der Waals surface area contributed by atoms with Crippen molar-refractivity contribution < 1.29 is 32.0 Å². The summed E-state index contributed by atoms with van der Waals surface area (Å²) in [5, 5.41) is 3.64. The van der Waals surface area contributed by atoms with Crippen molar-refractivity contribution in [2.45, 2.75) is 37.8 Å². The second-order valence-electron chi connectivity index (χ2n) is 4.74. The zero-order valence-corrected chi connectivity index (χ0v) is 11.4. The molecule has 9 heteroatoms. The Morgan fingerprint density at radius 1 is 1.43 bits per heavy atom. The number of carbonyl (C=O) groups is 1. The van der Waals surface area contributed by atoms with Crippen LogP contribution in [0.1, 0.15) is 31.5 Å². The number of hydrogen-bond acceptors (Lipinski definition) is 6. The molecule has 118 valence electrons. The average molecular weight is 308 g/mol. The van der Waals surface area contributed by atoms with Gasteiger partial charge >= 0.3 is 12.1 Å². The van der Waals surface area contributed by atoms with Crippen molar-refractivity contribution in [2.75, 3.05) is 19.8 Å². The first-order valence-electron chi connectivity index (χ1n) is 6.52. The molecule has 21 heavy (non-hydrogen) atoms. The first-order valence-corrected chi connectivity index (χ1v) is 6.52. The maximum Gasteiger partial charge on any atom is 0.411 e. The standard InChI is InChI=1S/C12H15F3N2O4/c1-2-20-10(18)11(4-5-11)9-16-8(17-21-9)3-6-19-7-12(13,14)15/h2-7H2,1H3. The highest BCUT2D eigenvalue weighted by molar-refractivity contribution is 5.85. The third-order valence-corrected chi connectivity index (χ3v) is 3.03. The van der Waals surface area contributed by atoms with Crippen LogP contribution >= 0.6 is 0 Å². The van der Waals surface area contributed by atoms with Crippen molar-refractivity contribution in [1.82, 2.24) is 10.1 Å². The Balaban J connectivity index is 1.86. The summed E-state index contributed by atoms with van der Waals surface area (Å²) >= 11 is 0. The minimum Gasteiger partial charge on any atom is -0.465 e. The number of ether oxygens (including phenoxy) is 2. The number of nitrogens with zero attached hydrogens (tertiary/aromatic N) is 2. The lowest BCUT2D eigenvalue weighted by molar-refractivity contribution is -0.173. The van der Waals surface area contributed by atoms with Gasteiger partial charge < -0.3 is 14.0 Å². The Morgan fingerprint density at radius 2 is 2.14 bits per heavy atom. The number of hydrogen-bond donors (Lipinski definition) is 0. The number of esters is 1. The molecule has 0 unspecified atom stereocenters. The second kappa shape index (κ2) is 6.00. The van der Waals surface area contributed by atoms with E-state index >= 15 is 0 Å². The summed E-state index contributed by atoms with van der Waals surface area (Å²) in [6.07, 6.45) is -3.14. The molecule has 0 aromatic carbocycles. The number of alkyl halides is 3. The van der Waals surface area contributed by atoms with Gasteiger partial charge in [-0.3, -0.25) is 4.79 Å². The van der Waals surface area contributed by atoms with E-state index in [0.29, 0.717) is 12.8 Å². The predicted octanol–water partition coefficient (Wildman–Crippen LogP) is 1.79. The number of carbonyl (C=O) groups excluding carboxylic acids is 1. The molecule has 1 saturated carbocycles. The van der Waals surface area contributed by atoms with E-state index in [9.17, 15) is 18.0 Å². The van der Waals surface area contributed by atoms with Crippen LogP contribution in [0.15, 0.2) is 4.52 Å². The Labute approximate surface area is 118 Å². The molecule has 0 spiro atoms. The highest BCUT2D eigenvalue weighted by Crippen LogP contribution is 2.48. The topological polar surface area (TPSA) is 74.5 Å². The van der Waals surface area contributed by atoms with E-state index in [1.54, 1.807) is 6.92 Å². The molecule has 1 aliphatic carbocycles. The summed E-state index contributed by atoms with van der Waals surface area (Å²) in [5.74, 6) is -0.0389. The fourth-order valence-electron chi connectivity index (χ4n) is 1.80. The van der Waals surface area contributed by atoms with Gasteiger partial charge in [0.05, 0.1) is 13.2 Å². The third-order valence-electron chi connectivity index (χ3n) is 3.03. The van der Waals surface area contributed by atoms with Crippen LogP contribution in [0.3, 0.4) is 0 Å². The van der Waals surface area contributed by atoms with Crippen LogP contribution in [0.25, 0.3) is 0 Å². The van der Waals surface area contributed by atoms with Gasteiger partial charge in [0.15, 0.2) is 5.82 Å². The van der Waals surface area contributed by atoms with E-state index in [2.05, 4.69) is 14.9 Å². The first kappa shape index (κ1) is 15.7. The Bertz CT molecular complexity index is 497. The molecule has 2 rings (SSSR count). The van der Waals surface area contributed by atoms with E-state index in [1.165, 1.54) is 0 Å². The minimum absolute atomic E-state index is 0.0818. The molecule has 0 amide bonds. The summed E-state index contributed by atoms with van der Waals surface area (Å²) < 4.78 is 50.1.